The van der Waals surface area contributed by atoms with E-state index in [1.165, 1.54) is 0 Å². The molecule has 0 fully saturated rings. The predicted octanol–water partition coefficient (Wildman–Crippen LogP) is 3.85. The molecule has 0 bridgehead atoms. The van der Waals surface area contributed by atoms with Crippen LogP contribution in [0.25, 0.3) is 11.5 Å². The molecular formula is C19H21N3O3S. The number of methoxy groups -OCH3 is 1. The monoisotopic (exact) mass is 371 g/mol. The van der Waals surface area contributed by atoms with Gasteiger partial charge >= 0.3 is 0 Å². The van der Waals surface area contributed by atoms with E-state index in [2.05, 4.69) is 10.00 Å². The number of rotatable bonds is 8. The van der Waals surface area contributed by atoms with Gasteiger partial charge in [-0.2, -0.15) is 0 Å². The molecule has 0 spiro atoms. The van der Waals surface area contributed by atoms with E-state index < -0.39 is 0 Å². The number of hydrogen-bond donors (Lipinski definition) is 0. The fourth-order valence-corrected chi connectivity index (χ4v) is 2.56. The molecule has 0 aliphatic heterocycles. The normalized spacial score (nSPS) is 10.9. The molecule has 26 heavy (non-hydrogen) atoms. The van der Waals surface area contributed by atoms with Gasteiger partial charge in [0, 0.05) is 12.1 Å². The number of para-hydroxylation sites is 1. The van der Waals surface area contributed by atoms with Crippen molar-refractivity contribution in [3.8, 4) is 23.0 Å². The zero-order valence-electron chi connectivity index (χ0n) is 14.8. The molecule has 0 saturated carbocycles. The minimum Gasteiger partial charge on any atom is -0.497 e. The van der Waals surface area contributed by atoms with E-state index in [-0.39, 0.29) is 0 Å². The standard InChI is InChI=1S/C19H21N3O3S/c1-21(12-13-24-17-6-4-3-5-7-17)14-22-19(26)25-18(20-22)15-8-10-16(23-2)11-9-15/h3-11H,12-14H2,1-2H3. The highest BCUT2D eigenvalue weighted by Crippen LogP contribution is 2.21. The first kappa shape index (κ1) is 18.2. The molecule has 0 saturated heterocycles. The highest BCUT2D eigenvalue weighted by Gasteiger charge is 2.10. The van der Waals surface area contributed by atoms with E-state index >= 15 is 0 Å². The fraction of sp³-hybridized carbons (Fsp3) is 0.263. The molecule has 2 aromatic carbocycles. The molecule has 1 aromatic heterocycles. The number of likely N-dealkylation sites (N-methyl/N-ethyl adjacent to an activating group) is 1. The first-order chi connectivity index (χ1) is 12.7. The Hall–Kier alpha value is -2.64. The van der Waals surface area contributed by atoms with Crippen molar-refractivity contribution in [3.63, 3.8) is 0 Å². The van der Waals surface area contributed by atoms with Crippen LogP contribution >= 0.6 is 12.2 Å². The van der Waals surface area contributed by atoms with Gasteiger partial charge < -0.3 is 13.9 Å². The molecule has 0 amide bonds. The number of benzene rings is 2. The second kappa shape index (κ2) is 8.64. The molecule has 0 atom stereocenters. The third-order valence-corrected chi connectivity index (χ3v) is 4.10. The van der Waals surface area contributed by atoms with Crippen molar-refractivity contribution >= 4 is 12.2 Å². The van der Waals surface area contributed by atoms with Crippen molar-refractivity contribution in [2.75, 3.05) is 27.3 Å². The first-order valence-electron chi connectivity index (χ1n) is 8.24. The molecule has 6 nitrogen and oxygen atoms in total. The third kappa shape index (κ3) is 4.71. The van der Waals surface area contributed by atoms with Crippen LogP contribution in [-0.4, -0.2) is 42.0 Å². The lowest BCUT2D eigenvalue weighted by Crippen LogP contribution is -2.27. The van der Waals surface area contributed by atoms with Gasteiger partial charge in [-0.3, -0.25) is 4.90 Å². The quantitative estimate of drug-likeness (QED) is 0.561. The molecule has 0 N–H and O–H groups in total. The first-order valence-corrected chi connectivity index (χ1v) is 8.65. The second-order valence-electron chi connectivity index (χ2n) is 5.78. The van der Waals surface area contributed by atoms with Crippen LogP contribution in [0.4, 0.5) is 0 Å². The van der Waals surface area contributed by atoms with Crippen LogP contribution in [0.5, 0.6) is 11.5 Å². The van der Waals surface area contributed by atoms with Gasteiger partial charge in [0.25, 0.3) is 4.84 Å². The van der Waals surface area contributed by atoms with Crippen molar-refractivity contribution in [3.05, 3.63) is 59.4 Å². The predicted molar refractivity (Wildman–Crippen MR) is 102 cm³/mol. The van der Waals surface area contributed by atoms with E-state index in [1.807, 2.05) is 61.6 Å². The van der Waals surface area contributed by atoms with E-state index in [0.717, 1.165) is 23.6 Å². The SMILES string of the molecule is COc1ccc(-c2nn(CN(C)CCOc3ccccc3)c(=S)o2)cc1. The van der Waals surface area contributed by atoms with E-state index in [0.29, 0.717) is 24.0 Å². The highest BCUT2D eigenvalue weighted by atomic mass is 32.1. The van der Waals surface area contributed by atoms with Crippen LogP contribution in [0.2, 0.25) is 0 Å². The molecule has 1 heterocycles. The van der Waals surface area contributed by atoms with Gasteiger partial charge in [-0.15, -0.1) is 5.10 Å². The second-order valence-corrected chi connectivity index (χ2v) is 6.13. The zero-order valence-corrected chi connectivity index (χ0v) is 15.6. The smallest absolute Gasteiger partial charge is 0.288 e. The summed E-state index contributed by atoms with van der Waals surface area (Å²) in [6.45, 7) is 1.84. The fourth-order valence-electron chi connectivity index (χ4n) is 2.38. The highest BCUT2D eigenvalue weighted by molar-refractivity contribution is 7.71. The van der Waals surface area contributed by atoms with Gasteiger partial charge in [0.1, 0.15) is 18.1 Å². The summed E-state index contributed by atoms with van der Waals surface area (Å²) in [6.07, 6.45) is 0. The maximum Gasteiger partial charge on any atom is 0.288 e. The van der Waals surface area contributed by atoms with Crippen LogP contribution < -0.4 is 9.47 Å². The Balaban J connectivity index is 1.57. The minimum atomic E-state index is 0.339. The van der Waals surface area contributed by atoms with Crippen molar-refractivity contribution in [2.45, 2.75) is 6.67 Å². The molecule has 0 radical (unpaired) electrons. The maximum absolute atomic E-state index is 5.71. The molecule has 3 aromatic rings. The number of aromatic nitrogens is 2. The minimum absolute atomic E-state index is 0.339. The van der Waals surface area contributed by atoms with E-state index in [4.69, 9.17) is 26.1 Å². The summed E-state index contributed by atoms with van der Waals surface area (Å²) in [5.41, 5.74) is 0.853. The molecule has 0 unspecified atom stereocenters. The molecule has 0 aliphatic carbocycles. The van der Waals surface area contributed by atoms with Gasteiger partial charge in [-0.05, 0) is 55.7 Å². The van der Waals surface area contributed by atoms with Crippen molar-refractivity contribution < 1.29 is 13.9 Å². The lowest BCUT2D eigenvalue weighted by Gasteiger charge is -2.16. The van der Waals surface area contributed by atoms with E-state index in [1.54, 1.807) is 11.8 Å². The maximum atomic E-state index is 5.71. The molecule has 0 aliphatic rings. The topological polar surface area (TPSA) is 52.7 Å². The van der Waals surface area contributed by atoms with Gasteiger partial charge in [0.05, 0.1) is 13.8 Å². The van der Waals surface area contributed by atoms with Crippen LogP contribution in [0.3, 0.4) is 0 Å². The summed E-state index contributed by atoms with van der Waals surface area (Å²) >= 11 is 5.28. The third-order valence-electron chi connectivity index (χ3n) is 3.80. The Morgan fingerprint density at radius 3 is 2.50 bits per heavy atom. The van der Waals surface area contributed by atoms with Crippen LogP contribution in [0.1, 0.15) is 0 Å². The van der Waals surface area contributed by atoms with Gasteiger partial charge in [0.2, 0.25) is 5.89 Å². The molecule has 7 heteroatoms. The number of hydrogen-bond acceptors (Lipinski definition) is 6. The zero-order chi connectivity index (χ0) is 18.4. The Kier molecular flexibility index (Phi) is 6.04. The number of nitrogens with zero attached hydrogens (tertiary/aromatic N) is 3. The Morgan fingerprint density at radius 1 is 1.08 bits per heavy atom. The average molecular weight is 371 g/mol. The van der Waals surface area contributed by atoms with Crippen molar-refractivity contribution in [1.29, 1.82) is 0 Å². The molecule has 3 rings (SSSR count). The Morgan fingerprint density at radius 2 is 1.81 bits per heavy atom. The lowest BCUT2D eigenvalue weighted by atomic mass is 10.2. The Labute approximate surface area is 157 Å². The largest absolute Gasteiger partial charge is 0.497 e. The molecular weight excluding hydrogens is 350 g/mol. The Bertz CT molecular complexity index is 875. The summed E-state index contributed by atoms with van der Waals surface area (Å²) in [5, 5.41) is 4.46. The van der Waals surface area contributed by atoms with Crippen LogP contribution in [-0.2, 0) is 6.67 Å². The summed E-state index contributed by atoms with van der Waals surface area (Å²) in [6, 6.07) is 17.3. The summed E-state index contributed by atoms with van der Waals surface area (Å²) in [7, 11) is 3.62. The van der Waals surface area contributed by atoms with Gasteiger partial charge in [0.15, 0.2) is 0 Å². The van der Waals surface area contributed by atoms with E-state index in [9.17, 15) is 0 Å². The van der Waals surface area contributed by atoms with Gasteiger partial charge in [-0.25, -0.2) is 4.68 Å². The summed E-state index contributed by atoms with van der Waals surface area (Å²) < 4.78 is 18.1. The van der Waals surface area contributed by atoms with Crippen LogP contribution in [0.15, 0.2) is 59.0 Å². The molecule has 136 valence electrons. The van der Waals surface area contributed by atoms with Crippen molar-refractivity contribution in [1.82, 2.24) is 14.7 Å². The average Bonchev–Trinajstić information content (AvgIpc) is 3.03. The summed E-state index contributed by atoms with van der Waals surface area (Å²) in [5.74, 6) is 2.14. The lowest BCUT2D eigenvalue weighted by molar-refractivity contribution is 0.196. The summed E-state index contributed by atoms with van der Waals surface area (Å²) in [4.78, 5) is 2.41. The van der Waals surface area contributed by atoms with Crippen molar-refractivity contribution in [2.24, 2.45) is 0 Å². The number of ether oxygens (including phenoxy) is 2. The van der Waals surface area contributed by atoms with Crippen LogP contribution in [0, 0.1) is 4.84 Å². The van der Waals surface area contributed by atoms with Gasteiger partial charge in [-0.1, -0.05) is 18.2 Å².